The first kappa shape index (κ1) is 33.9. The van der Waals surface area contributed by atoms with Crippen LogP contribution in [0.3, 0.4) is 0 Å². The first-order chi connectivity index (χ1) is 12.8. The Hall–Kier alpha value is 1.77. The third-order valence-electron chi connectivity index (χ3n) is 8.96. The van der Waals surface area contributed by atoms with Gasteiger partial charge in [-0.05, 0) is 59.2 Å². The zero-order valence-electron chi connectivity index (χ0n) is 23.7. The smallest absolute Gasteiger partial charge is 0.668 e. The Morgan fingerprint density at radius 3 is 0.467 bits per heavy atom. The molecule has 2 aliphatic carbocycles. The summed E-state index contributed by atoms with van der Waals surface area (Å²) < 4.78 is 4.82. The standard InChI is InChI=1S/2C10H20.C6H18NSi2.Ce/c2*1-6-7(2)9(4)10(5)8(6)3;1-8(2,3)7-9(4,5)6;/h2*6-10H,1-5H3;1-6H3;/q;;-1;+3. The van der Waals surface area contributed by atoms with Crippen molar-refractivity contribution in [1.82, 2.24) is 0 Å². The van der Waals surface area contributed by atoms with Crippen molar-refractivity contribution in [2.24, 2.45) is 59.2 Å². The van der Waals surface area contributed by atoms with Crippen molar-refractivity contribution in [2.75, 3.05) is 0 Å². The summed E-state index contributed by atoms with van der Waals surface area (Å²) in [6, 6.07) is 0. The monoisotopic (exact) mass is 580 g/mol. The molecule has 1 nitrogen and oxygen atoms in total. The first-order valence-corrected chi connectivity index (χ1v) is 19.4. The fraction of sp³-hybridized carbons (Fsp3) is 1.00. The van der Waals surface area contributed by atoms with Crippen LogP contribution in [0, 0.1) is 101 Å². The van der Waals surface area contributed by atoms with Gasteiger partial charge in [-0.2, -0.15) is 0 Å². The summed E-state index contributed by atoms with van der Waals surface area (Å²) in [7, 11) is -2.21. The third kappa shape index (κ3) is 10.8. The Labute approximate surface area is 228 Å². The van der Waals surface area contributed by atoms with Crippen molar-refractivity contribution >= 4 is 16.5 Å². The molecule has 1 radical (unpaired) electrons. The molecule has 0 aromatic carbocycles. The van der Waals surface area contributed by atoms with Crippen LogP contribution >= 0.6 is 0 Å². The molecule has 0 aromatic heterocycles. The van der Waals surface area contributed by atoms with E-state index in [0.717, 1.165) is 59.2 Å². The molecule has 0 aliphatic heterocycles. The van der Waals surface area contributed by atoms with Crippen LogP contribution in [0.4, 0.5) is 0 Å². The summed E-state index contributed by atoms with van der Waals surface area (Å²) in [5, 5.41) is 0. The summed E-state index contributed by atoms with van der Waals surface area (Å²) in [5.74, 6) is 9.35. The molecular formula is C26H58CeNSi2+2. The van der Waals surface area contributed by atoms with Gasteiger partial charge < -0.3 is 4.65 Å². The van der Waals surface area contributed by atoms with Crippen molar-refractivity contribution < 1.29 is 41.7 Å². The van der Waals surface area contributed by atoms with Gasteiger partial charge in [0.2, 0.25) is 0 Å². The molecule has 0 unspecified atom stereocenters. The molecule has 2 aliphatic rings. The fourth-order valence-electron chi connectivity index (χ4n) is 5.79. The first-order valence-electron chi connectivity index (χ1n) is 12.6. The normalized spacial score (nSPS) is 41.2. The van der Waals surface area contributed by atoms with E-state index < -0.39 is 16.5 Å². The second-order valence-electron chi connectivity index (χ2n) is 13.0. The zero-order valence-corrected chi connectivity index (χ0v) is 28.9. The SMILES string of the molecule is CC1C(C)C(C)C(C)C1C.CC1C(C)C(C)C(C)C1C.C[Si](C)(C)[N-][Si](C)(C)C.[Ce+3]. The number of rotatable bonds is 2. The van der Waals surface area contributed by atoms with Gasteiger partial charge in [-0.15, -0.1) is 0 Å². The maximum Gasteiger partial charge on any atom is 3.00 e. The Morgan fingerprint density at radius 2 is 0.433 bits per heavy atom. The molecule has 30 heavy (non-hydrogen) atoms. The van der Waals surface area contributed by atoms with Gasteiger partial charge in [-0.25, -0.2) is 0 Å². The van der Waals surface area contributed by atoms with Gasteiger partial charge in [0.25, 0.3) is 0 Å². The van der Waals surface area contributed by atoms with Gasteiger partial charge in [0.15, 0.2) is 0 Å². The van der Waals surface area contributed by atoms with Gasteiger partial charge in [0.1, 0.15) is 0 Å². The summed E-state index contributed by atoms with van der Waals surface area (Å²) in [6.07, 6.45) is 0. The maximum absolute atomic E-state index is 4.82. The van der Waals surface area contributed by atoms with Crippen molar-refractivity contribution in [3.8, 4) is 0 Å². The van der Waals surface area contributed by atoms with Crippen molar-refractivity contribution in [3.63, 3.8) is 0 Å². The molecule has 2 rings (SSSR count). The molecule has 4 heteroatoms. The molecular weight excluding hydrogens is 523 g/mol. The number of nitrogens with zero attached hydrogens (tertiary/aromatic N) is 1. The fourth-order valence-corrected chi connectivity index (χ4v) is 13.8. The molecule has 0 spiro atoms. The predicted molar refractivity (Wildman–Crippen MR) is 142 cm³/mol. The van der Waals surface area contributed by atoms with Crippen LogP contribution in [0.2, 0.25) is 39.3 Å². The van der Waals surface area contributed by atoms with Crippen LogP contribution < -0.4 is 0 Å². The van der Waals surface area contributed by atoms with E-state index in [4.69, 9.17) is 4.65 Å². The van der Waals surface area contributed by atoms with Crippen molar-refractivity contribution in [3.05, 3.63) is 4.65 Å². The maximum atomic E-state index is 4.82. The number of hydrogen-bond donors (Lipinski definition) is 0. The molecule has 0 atom stereocenters. The van der Waals surface area contributed by atoms with Crippen LogP contribution in [0.25, 0.3) is 4.65 Å². The quantitative estimate of drug-likeness (QED) is 0.289. The van der Waals surface area contributed by atoms with Crippen molar-refractivity contribution in [2.45, 2.75) is 109 Å². The molecule has 0 bridgehead atoms. The van der Waals surface area contributed by atoms with Crippen LogP contribution in [-0.4, -0.2) is 16.5 Å². The van der Waals surface area contributed by atoms with E-state index in [0.29, 0.717) is 0 Å². The van der Waals surface area contributed by atoms with Crippen LogP contribution in [-0.2, 0) is 0 Å². The van der Waals surface area contributed by atoms with Gasteiger partial charge in [0, 0.05) is 0 Å². The second kappa shape index (κ2) is 13.6. The Balaban J connectivity index is 0. The average Bonchev–Trinajstić information content (AvgIpc) is 2.83. The van der Waals surface area contributed by atoms with E-state index in [1.807, 2.05) is 0 Å². The van der Waals surface area contributed by atoms with E-state index in [1.165, 1.54) is 0 Å². The molecule has 2 saturated carbocycles. The van der Waals surface area contributed by atoms with E-state index in [2.05, 4.69) is 109 Å². The van der Waals surface area contributed by atoms with Gasteiger partial charge in [0.05, 0.1) is 0 Å². The molecule has 0 heterocycles. The molecule has 2 fully saturated rings. The van der Waals surface area contributed by atoms with Crippen molar-refractivity contribution in [1.29, 1.82) is 0 Å². The van der Waals surface area contributed by atoms with E-state index in [9.17, 15) is 0 Å². The largest absolute Gasteiger partial charge is 3.00 e. The summed E-state index contributed by atoms with van der Waals surface area (Å²) in [4.78, 5) is 0. The van der Waals surface area contributed by atoms with E-state index in [-0.39, 0.29) is 41.7 Å². The molecule has 0 N–H and O–H groups in total. The minimum absolute atomic E-state index is 0. The Bertz CT molecular complexity index is 339. The summed E-state index contributed by atoms with van der Waals surface area (Å²) in [6.45, 7) is 37.8. The summed E-state index contributed by atoms with van der Waals surface area (Å²) in [5.41, 5.74) is 0. The number of hydrogen-bond acceptors (Lipinski definition) is 0. The second-order valence-corrected chi connectivity index (χ2v) is 22.6. The summed E-state index contributed by atoms with van der Waals surface area (Å²) >= 11 is 0. The Morgan fingerprint density at radius 1 is 0.333 bits per heavy atom. The van der Waals surface area contributed by atoms with Crippen LogP contribution in [0.5, 0.6) is 0 Å². The van der Waals surface area contributed by atoms with E-state index in [1.54, 1.807) is 0 Å². The predicted octanol–water partition coefficient (Wildman–Crippen LogP) is 9.39. The molecule has 0 saturated heterocycles. The van der Waals surface area contributed by atoms with E-state index >= 15 is 0 Å². The topological polar surface area (TPSA) is 14.1 Å². The van der Waals surface area contributed by atoms with Crippen LogP contribution in [0.1, 0.15) is 69.2 Å². The van der Waals surface area contributed by atoms with Gasteiger partial charge in [-0.1, -0.05) is 125 Å². The molecule has 177 valence electrons. The minimum atomic E-state index is -1.11. The molecule has 0 amide bonds. The Kier molecular flexibility index (Phi) is 15.4. The molecule has 0 aromatic rings. The van der Waals surface area contributed by atoms with Crippen LogP contribution in [0.15, 0.2) is 0 Å². The average molecular weight is 581 g/mol. The minimum Gasteiger partial charge on any atom is -0.668 e. The van der Waals surface area contributed by atoms with Gasteiger partial charge >= 0.3 is 41.7 Å². The zero-order chi connectivity index (χ0) is 23.5. The van der Waals surface area contributed by atoms with Gasteiger partial charge in [-0.3, -0.25) is 0 Å². The third-order valence-corrected chi connectivity index (χ3v) is 14.3.